The minimum atomic E-state index is -0.976. The summed E-state index contributed by atoms with van der Waals surface area (Å²) in [6, 6.07) is 15.7. The van der Waals surface area contributed by atoms with E-state index in [0.717, 1.165) is 6.07 Å². The number of hydrogen-bond donors (Lipinski definition) is 1. The van der Waals surface area contributed by atoms with Crippen LogP contribution >= 0.6 is 23.2 Å². The van der Waals surface area contributed by atoms with Crippen molar-refractivity contribution in [3.8, 4) is 5.75 Å². The first-order valence-corrected chi connectivity index (χ1v) is 10.2. The molecule has 0 aliphatic carbocycles. The predicted octanol–water partition coefficient (Wildman–Crippen LogP) is 5.77. The Kier molecular flexibility index (Phi) is 5.91. The Morgan fingerprint density at radius 1 is 1.00 bits per heavy atom. The summed E-state index contributed by atoms with van der Waals surface area (Å²) in [5.74, 6) is -2.19. The lowest BCUT2D eigenvalue weighted by Gasteiger charge is -2.25. The van der Waals surface area contributed by atoms with Crippen LogP contribution in [0.25, 0.3) is 5.76 Å². The Morgan fingerprint density at radius 2 is 1.66 bits per heavy atom. The molecule has 1 atom stereocenters. The number of halogens is 3. The SMILES string of the molecule is COc1ccc(/C(O)=C2\C(=O)C(=O)N(c3ccc(F)c(Cl)c3)C2c2ccc(Cl)cc2)cc1. The second kappa shape index (κ2) is 8.65. The van der Waals surface area contributed by atoms with Gasteiger partial charge in [-0.1, -0.05) is 35.3 Å². The van der Waals surface area contributed by atoms with E-state index < -0.39 is 23.5 Å². The fourth-order valence-electron chi connectivity index (χ4n) is 3.60. The van der Waals surface area contributed by atoms with Gasteiger partial charge in [0.1, 0.15) is 17.3 Å². The van der Waals surface area contributed by atoms with Crippen LogP contribution in [0.1, 0.15) is 17.2 Å². The van der Waals surface area contributed by atoms with Gasteiger partial charge < -0.3 is 9.84 Å². The van der Waals surface area contributed by atoms with Gasteiger partial charge in [-0.2, -0.15) is 0 Å². The molecule has 1 N–H and O–H groups in total. The van der Waals surface area contributed by atoms with E-state index >= 15 is 0 Å². The maximum Gasteiger partial charge on any atom is 0.300 e. The van der Waals surface area contributed by atoms with Crippen molar-refractivity contribution in [1.82, 2.24) is 0 Å². The van der Waals surface area contributed by atoms with Gasteiger partial charge in [0.2, 0.25) is 0 Å². The van der Waals surface area contributed by atoms with E-state index in [9.17, 15) is 19.1 Å². The summed E-state index contributed by atoms with van der Waals surface area (Å²) in [6.45, 7) is 0. The van der Waals surface area contributed by atoms with Crippen molar-refractivity contribution in [2.24, 2.45) is 0 Å². The molecule has 32 heavy (non-hydrogen) atoms. The average Bonchev–Trinajstić information content (AvgIpc) is 3.06. The van der Waals surface area contributed by atoms with Gasteiger partial charge in [0.25, 0.3) is 11.7 Å². The number of carbonyl (C=O) groups excluding carboxylic acids is 2. The molecule has 1 saturated heterocycles. The average molecular weight is 472 g/mol. The molecule has 0 bridgehead atoms. The Balaban J connectivity index is 1.92. The number of nitrogens with zero attached hydrogens (tertiary/aromatic N) is 1. The van der Waals surface area contributed by atoms with E-state index in [1.165, 1.54) is 24.1 Å². The number of carbonyl (C=O) groups is 2. The van der Waals surface area contributed by atoms with Crippen LogP contribution in [-0.2, 0) is 9.59 Å². The molecular formula is C24H16Cl2FNO4. The number of aliphatic hydroxyl groups is 1. The number of amides is 1. The van der Waals surface area contributed by atoms with Crippen molar-refractivity contribution < 1.29 is 23.8 Å². The number of ketones is 1. The minimum absolute atomic E-state index is 0.108. The zero-order valence-electron chi connectivity index (χ0n) is 16.7. The van der Waals surface area contributed by atoms with Gasteiger partial charge in [0, 0.05) is 16.3 Å². The van der Waals surface area contributed by atoms with E-state index in [0.29, 0.717) is 21.9 Å². The summed E-state index contributed by atoms with van der Waals surface area (Å²) >= 11 is 11.9. The van der Waals surface area contributed by atoms with Gasteiger partial charge in [-0.3, -0.25) is 14.5 Å². The number of benzene rings is 3. The van der Waals surface area contributed by atoms with Gasteiger partial charge in [-0.05, 0) is 60.2 Å². The van der Waals surface area contributed by atoms with Gasteiger partial charge >= 0.3 is 0 Å². The molecule has 3 aromatic rings. The van der Waals surface area contributed by atoms with E-state index in [1.54, 1.807) is 48.5 Å². The number of rotatable bonds is 4. The molecule has 0 radical (unpaired) electrons. The van der Waals surface area contributed by atoms with Crippen LogP contribution in [0.4, 0.5) is 10.1 Å². The third kappa shape index (κ3) is 3.83. The predicted molar refractivity (Wildman–Crippen MR) is 121 cm³/mol. The van der Waals surface area contributed by atoms with Crippen molar-refractivity contribution in [2.45, 2.75) is 6.04 Å². The van der Waals surface area contributed by atoms with Crippen LogP contribution in [0.3, 0.4) is 0 Å². The Bertz CT molecular complexity index is 1240. The first kappa shape index (κ1) is 21.9. The molecule has 0 spiro atoms. The largest absolute Gasteiger partial charge is 0.507 e. The summed E-state index contributed by atoms with van der Waals surface area (Å²) < 4.78 is 18.9. The number of Topliss-reactive ketones (excluding diaryl/α,β-unsaturated/α-hetero) is 1. The molecule has 162 valence electrons. The summed E-state index contributed by atoms with van der Waals surface area (Å²) in [6.07, 6.45) is 0. The van der Waals surface area contributed by atoms with Crippen LogP contribution in [0, 0.1) is 5.82 Å². The van der Waals surface area contributed by atoms with Gasteiger partial charge in [-0.25, -0.2) is 4.39 Å². The van der Waals surface area contributed by atoms with Crippen molar-refractivity contribution in [2.75, 3.05) is 12.0 Å². The van der Waals surface area contributed by atoms with Crippen molar-refractivity contribution in [3.63, 3.8) is 0 Å². The Labute approximate surface area is 193 Å². The molecule has 1 aliphatic heterocycles. The lowest BCUT2D eigenvalue weighted by Crippen LogP contribution is -2.29. The summed E-state index contributed by atoms with van der Waals surface area (Å²) in [5, 5.41) is 11.3. The number of ether oxygens (including phenoxy) is 1. The lowest BCUT2D eigenvalue weighted by atomic mass is 9.95. The third-order valence-corrected chi connectivity index (χ3v) is 5.72. The second-order valence-corrected chi connectivity index (χ2v) is 7.89. The number of hydrogen-bond acceptors (Lipinski definition) is 4. The fourth-order valence-corrected chi connectivity index (χ4v) is 3.90. The van der Waals surface area contributed by atoms with Gasteiger partial charge in [-0.15, -0.1) is 0 Å². The number of anilines is 1. The van der Waals surface area contributed by atoms with Crippen molar-refractivity contribution >= 4 is 46.3 Å². The van der Waals surface area contributed by atoms with Gasteiger partial charge in [0.15, 0.2) is 0 Å². The monoisotopic (exact) mass is 471 g/mol. The molecule has 1 unspecified atom stereocenters. The minimum Gasteiger partial charge on any atom is -0.507 e. The smallest absolute Gasteiger partial charge is 0.300 e. The van der Waals surface area contributed by atoms with E-state index in [2.05, 4.69) is 0 Å². The van der Waals surface area contributed by atoms with Crippen LogP contribution in [0.15, 0.2) is 72.3 Å². The Morgan fingerprint density at radius 3 is 2.25 bits per heavy atom. The van der Waals surface area contributed by atoms with E-state index in [-0.39, 0.29) is 22.0 Å². The topological polar surface area (TPSA) is 66.8 Å². The van der Waals surface area contributed by atoms with E-state index in [4.69, 9.17) is 27.9 Å². The zero-order valence-corrected chi connectivity index (χ0v) is 18.2. The summed E-state index contributed by atoms with van der Waals surface area (Å²) in [7, 11) is 1.51. The quantitative estimate of drug-likeness (QED) is 0.298. The molecular weight excluding hydrogens is 456 g/mol. The highest BCUT2D eigenvalue weighted by Crippen LogP contribution is 2.43. The molecule has 3 aromatic carbocycles. The molecule has 1 amide bonds. The van der Waals surface area contributed by atoms with E-state index in [1.807, 2.05) is 0 Å². The summed E-state index contributed by atoms with van der Waals surface area (Å²) in [4.78, 5) is 27.3. The molecule has 8 heteroatoms. The molecule has 1 heterocycles. The zero-order chi connectivity index (χ0) is 23.0. The molecule has 0 saturated carbocycles. The van der Waals surface area contributed by atoms with Gasteiger partial charge in [0.05, 0.1) is 23.7 Å². The highest BCUT2D eigenvalue weighted by atomic mass is 35.5. The van der Waals surface area contributed by atoms with Crippen molar-refractivity contribution in [1.29, 1.82) is 0 Å². The first-order chi connectivity index (χ1) is 15.3. The Hall–Kier alpha value is -3.35. The normalized spacial score (nSPS) is 17.6. The first-order valence-electron chi connectivity index (χ1n) is 9.47. The maximum atomic E-state index is 13.7. The molecule has 5 nitrogen and oxygen atoms in total. The van der Waals surface area contributed by atoms with Crippen LogP contribution in [0.5, 0.6) is 5.75 Å². The highest BCUT2D eigenvalue weighted by Gasteiger charge is 2.47. The second-order valence-electron chi connectivity index (χ2n) is 7.05. The number of aliphatic hydroxyl groups excluding tert-OH is 1. The fraction of sp³-hybridized carbons (Fsp3) is 0.0833. The molecule has 1 aliphatic rings. The molecule has 0 aromatic heterocycles. The molecule has 4 rings (SSSR count). The number of methoxy groups -OCH3 is 1. The van der Waals surface area contributed by atoms with Crippen LogP contribution in [0.2, 0.25) is 10.0 Å². The lowest BCUT2D eigenvalue weighted by molar-refractivity contribution is -0.132. The van der Waals surface area contributed by atoms with Crippen LogP contribution in [-0.4, -0.2) is 23.9 Å². The molecule has 1 fully saturated rings. The third-order valence-electron chi connectivity index (χ3n) is 5.17. The van der Waals surface area contributed by atoms with Crippen LogP contribution < -0.4 is 9.64 Å². The maximum absolute atomic E-state index is 13.7. The highest BCUT2D eigenvalue weighted by molar-refractivity contribution is 6.51. The summed E-state index contributed by atoms with van der Waals surface area (Å²) in [5.41, 5.74) is 0.971. The standard InChI is InChI=1S/C24H16Cl2FNO4/c1-32-17-9-4-14(5-10-17)22(29)20-21(13-2-6-15(25)7-3-13)28(24(31)23(20)30)16-8-11-19(27)18(26)12-16/h2-12,21,29H,1H3/b22-20+. The van der Waals surface area contributed by atoms with Crippen molar-refractivity contribution in [3.05, 3.63) is 99.3 Å².